The van der Waals surface area contributed by atoms with E-state index in [2.05, 4.69) is 5.32 Å². The molecular weight excluding hydrogens is 354 g/mol. The molecule has 0 radical (unpaired) electrons. The maximum Gasteiger partial charge on any atom is 0.302 e. The number of nitrogens with one attached hydrogen (secondary N) is 1. The van der Waals surface area contributed by atoms with Crippen LogP contribution in [-0.4, -0.2) is 15.0 Å². The lowest BCUT2D eigenvalue weighted by Gasteiger charge is -2.15. The van der Waals surface area contributed by atoms with Crippen LogP contribution < -0.4 is 5.32 Å². The molecule has 9 heteroatoms. The van der Waals surface area contributed by atoms with Crippen LogP contribution in [0.1, 0.15) is 29.9 Å². The second-order valence-corrected chi connectivity index (χ2v) is 6.13. The van der Waals surface area contributed by atoms with Gasteiger partial charge in [-0.2, -0.15) is 0 Å². The molecule has 2 aromatic carbocycles. The Kier molecular flexibility index (Phi) is 4.78. The normalized spacial score (nSPS) is 12.1. The zero-order valence-corrected chi connectivity index (χ0v) is 14.6. The molecule has 0 saturated carbocycles. The lowest BCUT2D eigenvalue weighted by Crippen LogP contribution is -2.12. The van der Waals surface area contributed by atoms with Gasteiger partial charge in [0.25, 0.3) is 5.69 Å². The molecule has 2 N–H and O–H groups in total. The molecule has 0 amide bonds. The van der Waals surface area contributed by atoms with E-state index in [4.69, 9.17) is 4.42 Å². The molecule has 140 valence electrons. The van der Waals surface area contributed by atoms with Crippen molar-refractivity contribution < 1.29 is 19.4 Å². The summed E-state index contributed by atoms with van der Waals surface area (Å²) in [5, 5.41) is 36.1. The smallest absolute Gasteiger partial charge is 0.302 e. The molecule has 27 heavy (non-hydrogen) atoms. The molecule has 0 bridgehead atoms. The number of aliphatic hydroxyl groups excluding tert-OH is 1. The topological polar surface area (TPSA) is 132 Å². The van der Waals surface area contributed by atoms with Crippen molar-refractivity contribution in [2.45, 2.75) is 26.5 Å². The summed E-state index contributed by atoms with van der Waals surface area (Å²) < 4.78 is 5.74. The largest absolute Gasteiger partial charge is 0.459 e. The summed E-state index contributed by atoms with van der Waals surface area (Å²) in [7, 11) is 0. The van der Waals surface area contributed by atoms with Gasteiger partial charge in [0.05, 0.1) is 22.5 Å². The highest BCUT2D eigenvalue weighted by Gasteiger charge is 2.31. The molecule has 0 aliphatic rings. The summed E-state index contributed by atoms with van der Waals surface area (Å²) in [5.74, 6) is 0.490. The summed E-state index contributed by atoms with van der Waals surface area (Å²) in [6.07, 6.45) is 0. The van der Waals surface area contributed by atoms with E-state index in [0.29, 0.717) is 11.3 Å². The predicted molar refractivity (Wildman–Crippen MR) is 98.7 cm³/mol. The number of fused-ring (bicyclic) bond motifs is 1. The third kappa shape index (κ3) is 3.32. The monoisotopic (exact) mass is 371 g/mol. The molecule has 1 aromatic heterocycles. The first-order valence-electron chi connectivity index (χ1n) is 8.14. The number of nitro groups is 2. The summed E-state index contributed by atoms with van der Waals surface area (Å²) in [4.78, 5) is 21.7. The summed E-state index contributed by atoms with van der Waals surface area (Å²) >= 11 is 0. The van der Waals surface area contributed by atoms with Crippen LogP contribution in [-0.2, 0) is 6.61 Å². The van der Waals surface area contributed by atoms with Crippen molar-refractivity contribution in [3.05, 3.63) is 73.5 Å². The van der Waals surface area contributed by atoms with Gasteiger partial charge in [-0.3, -0.25) is 20.2 Å². The number of nitrogens with zero attached hydrogens (tertiary/aromatic N) is 2. The van der Waals surface area contributed by atoms with Gasteiger partial charge in [0.2, 0.25) is 0 Å². The van der Waals surface area contributed by atoms with Gasteiger partial charge in [0.15, 0.2) is 5.69 Å². The molecule has 0 unspecified atom stereocenters. The number of rotatable bonds is 6. The van der Waals surface area contributed by atoms with Gasteiger partial charge in [-0.15, -0.1) is 0 Å². The average Bonchev–Trinajstić information content (AvgIpc) is 3.05. The molecule has 0 spiro atoms. The number of furan rings is 1. The fourth-order valence-corrected chi connectivity index (χ4v) is 2.99. The molecule has 0 fully saturated rings. The van der Waals surface area contributed by atoms with E-state index >= 15 is 0 Å². The quantitative estimate of drug-likeness (QED) is 0.489. The first-order chi connectivity index (χ1) is 12.8. The number of anilines is 1. The molecule has 1 heterocycles. The fourth-order valence-electron chi connectivity index (χ4n) is 2.99. The molecular formula is C18H17N3O6. The van der Waals surface area contributed by atoms with Gasteiger partial charge in [0.1, 0.15) is 11.3 Å². The lowest BCUT2D eigenvalue weighted by molar-refractivity contribution is -0.392. The highest BCUT2D eigenvalue weighted by molar-refractivity contribution is 5.80. The van der Waals surface area contributed by atoms with Crippen molar-refractivity contribution in [1.82, 2.24) is 0 Å². The third-order valence-corrected chi connectivity index (χ3v) is 4.42. The summed E-state index contributed by atoms with van der Waals surface area (Å²) in [5.41, 5.74) is -0.164. The van der Waals surface area contributed by atoms with Crippen molar-refractivity contribution in [3.8, 4) is 0 Å². The second-order valence-electron chi connectivity index (χ2n) is 6.13. The highest BCUT2D eigenvalue weighted by Crippen LogP contribution is 2.41. The number of para-hydroxylation sites is 1. The van der Waals surface area contributed by atoms with E-state index < -0.39 is 33.9 Å². The van der Waals surface area contributed by atoms with Crippen molar-refractivity contribution in [2.24, 2.45) is 0 Å². The van der Waals surface area contributed by atoms with Gasteiger partial charge in [0, 0.05) is 17.0 Å². The van der Waals surface area contributed by atoms with E-state index in [0.717, 1.165) is 11.5 Å². The number of nitro benzene ring substituents is 2. The minimum Gasteiger partial charge on any atom is -0.459 e. The molecule has 0 aliphatic carbocycles. The third-order valence-electron chi connectivity index (χ3n) is 4.42. The molecule has 0 aliphatic heterocycles. The van der Waals surface area contributed by atoms with E-state index in [1.54, 1.807) is 19.1 Å². The van der Waals surface area contributed by atoms with Crippen LogP contribution in [0.2, 0.25) is 0 Å². The van der Waals surface area contributed by atoms with Gasteiger partial charge < -0.3 is 14.8 Å². The van der Waals surface area contributed by atoms with Crippen molar-refractivity contribution in [3.63, 3.8) is 0 Å². The van der Waals surface area contributed by atoms with Crippen LogP contribution in [0.5, 0.6) is 0 Å². The van der Waals surface area contributed by atoms with Crippen LogP contribution in [0.25, 0.3) is 11.0 Å². The van der Waals surface area contributed by atoms with Crippen LogP contribution in [0.15, 0.2) is 40.8 Å². The van der Waals surface area contributed by atoms with Gasteiger partial charge >= 0.3 is 5.69 Å². The summed E-state index contributed by atoms with van der Waals surface area (Å²) in [6.45, 7) is 2.61. The first-order valence-corrected chi connectivity index (χ1v) is 8.14. The molecule has 0 saturated heterocycles. The Morgan fingerprint density at radius 3 is 2.48 bits per heavy atom. The maximum absolute atomic E-state index is 11.6. The van der Waals surface area contributed by atoms with Gasteiger partial charge in [-0.25, -0.2) is 0 Å². The number of aliphatic hydroxyl groups is 1. The Balaban J connectivity index is 2.10. The second kappa shape index (κ2) is 7.04. The zero-order valence-electron chi connectivity index (χ0n) is 14.6. The number of benzene rings is 2. The Morgan fingerprint density at radius 1 is 1.19 bits per heavy atom. The van der Waals surface area contributed by atoms with Gasteiger partial charge in [-0.05, 0) is 31.5 Å². The maximum atomic E-state index is 11.6. The van der Waals surface area contributed by atoms with Crippen LogP contribution >= 0.6 is 0 Å². The highest BCUT2D eigenvalue weighted by atomic mass is 16.6. The van der Waals surface area contributed by atoms with Crippen LogP contribution in [0, 0.1) is 27.2 Å². The predicted octanol–water partition coefficient (Wildman–Crippen LogP) is 4.22. The van der Waals surface area contributed by atoms with Crippen molar-refractivity contribution in [2.75, 3.05) is 5.32 Å². The number of hydrogen-bond donors (Lipinski definition) is 2. The lowest BCUT2D eigenvalue weighted by atomic mass is 10.0. The van der Waals surface area contributed by atoms with Crippen LogP contribution in [0.4, 0.5) is 17.1 Å². The van der Waals surface area contributed by atoms with E-state index in [-0.39, 0.29) is 16.8 Å². The Bertz CT molecular complexity index is 1010. The summed E-state index contributed by atoms with van der Waals surface area (Å²) in [6, 6.07) is 9.69. The first kappa shape index (κ1) is 18.3. The number of hydrogen-bond acceptors (Lipinski definition) is 7. The Hall–Kier alpha value is -3.46. The minimum atomic E-state index is -0.709. The Morgan fingerprint density at radius 2 is 1.89 bits per heavy atom. The molecule has 3 rings (SSSR count). The average molecular weight is 371 g/mol. The minimum absolute atomic E-state index is 0.135. The zero-order chi connectivity index (χ0) is 19.7. The molecule has 3 aromatic rings. The van der Waals surface area contributed by atoms with E-state index in [1.807, 2.05) is 18.2 Å². The van der Waals surface area contributed by atoms with E-state index in [9.17, 15) is 25.3 Å². The molecule has 9 nitrogen and oxygen atoms in total. The van der Waals surface area contributed by atoms with Crippen molar-refractivity contribution in [1.29, 1.82) is 0 Å². The van der Waals surface area contributed by atoms with Crippen LogP contribution in [0.3, 0.4) is 0 Å². The van der Waals surface area contributed by atoms with Crippen molar-refractivity contribution >= 4 is 28.0 Å². The Labute approximate surface area is 153 Å². The standard InChI is InChI=1S/C18H17N3O6/c1-10-13(9-22)7-14(20(23)24)17(18(10)21(25)26)19-11(2)16-8-12-5-3-4-6-15(12)27-16/h3-8,11,19,22H,9H2,1-2H3/t11-/m1/s1. The fraction of sp³-hybridized carbons (Fsp3) is 0.222. The SMILES string of the molecule is Cc1c(CO)cc([N+](=O)[O-])c(N[C@H](C)c2cc3ccccc3o2)c1[N+](=O)[O-]. The van der Waals surface area contributed by atoms with Gasteiger partial charge in [-0.1, -0.05) is 18.2 Å². The van der Waals surface area contributed by atoms with E-state index in [1.165, 1.54) is 6.92 Å². The molecule has 1 atom stereocenters.